The number of aryl methyl sites for hydroxylation is 1. The second kappa shape index (κ2) is 10.1. The van der Waals surface area contributed by atoms with Gasteiger partial charge in [0, 0.05) is 43.0 Å². The minimum atomic E-state index is 0.186. The molecular formula is C20H27N3O3S2. The number of hydrogen-bond acceptors (Lipinski definition) is 7. The molecule has 0 aliphatic carbocycles. The molecule has 152 valence electrons. The van der Waals surface area contributed by atoms with Crippen molar-refractivity contribution in [3.05, 3.63) is 34.3 Å². The lowest BCUT2D eigenvalue weighted by atomic mass is 10.3. The lowest BCUT2D eigenvalue weighted by molar-refractivity contribution is -0.128. The number of benzene rings is 1. The molecule has 1 fully saturated rings. The first kappa shape index (κ1) is 21.0. The Balaban J connectivity index is 1.49. The van der Waals surface area contributed by atoms with Crippen LogP contribution in [-0.4, -0.2) is 66.8 Å². The van der Waals surface area contributed by atoms with Gasteiger partial charge < -0.3 is 14.4 Å². The van der Waals surface area contributed by atoms with Crippen LogP contribution in [0.1, 0.15) is 17.1 Å². The summed E-state index contributed by atoms with van der Waals surface area (Å²) in [6.45, 7) is 6.39. The number of amides is 1. The minimum Gasteiger partial charge on any atom is -0.493 e. The van der Waals surface area contributed by atoms with Crippen molar-refractivity contribution in [2.24, 2.45) is 0 Å². The van der Waals surface area contributed by atoms with Crippen molar-refractivity contribution in [1.29, 1.82) is 0 Å². The minimum absolute atomic E-state index is 0.186. The van der Waals surface area contributed by atoms with Gasteiger partial charge in [0.05, 0.1) is 30.7 Å². The Kier molecular flexibility index (Phi) is 7.58. The number of methoxy groups -OCH3 is 2. The fraction of sp³-hybridized carbons (Fsp3) is 0.500. The highest BCUT2D eigenvalue weighted by Crippen LogP contribution is 2.32. The highest BCUT2D eigenvalue weighted by atomic mass is 32.2. The molecule has 1 aromatic carbocycles. The third-order valence-corrected chi connectivity index (χ3v) is 6.51. The molecule has 0 radical (unpaired) electrons. The Morgan fingerprint density at radius 1 is 1.18 bits per heavy atom. The fourth-order valence-electron chi connectivity index (χ4n) is 3.23. The Morgan fingerprint density at radius 2 is 2.00 bits per heavy atom. The third kappa shape index (κ3) is 5.62. The SMILES string of the molecule is COc1ccc(SCC(=O)N2CCCN(Cc3csc(C)n3)CC2)cc1OC. The van der Waals surface area contributed by atoms with Crippen molar-refractivity contribution in [2.45, 2.75) is 24.8 Å². The first-order valence-corrected chi connectivity index (χ1v) is 11.2. The number of carbonyl (C=O) groups is 1. The molecule has 2 aromatic rings. The number of aromatic nitrogens is 1. The Hall–Kier alpha value is -1.77. The molecule has 0 bridgehead atoms. The third-order valence-electron chi connectivity index (χ3n) is 4.71. The summed E-state index contributed by atoms with van der Waals surface area (Å²) in [5.41, 5.74) is 1.13. The van der Waals surface area contributed by atoms with Gasteiger partial charge in [0.25, 0.3) is 0 Å². The van der Waals surface area contributed by atoms with Crippen LogP contribution in [0.15, 0.2) is 28.5 Å². The van der Waals surface area contributed by atoms with E-state index in [1.165, 1.54) is 11.8 Å². The van der Waals surface area contributed by atoms with E-state index in [-0.39, 0.29) is 5.91 Å². The fourth-order valence-corrected chi connectivity index (χ4v) is 4.66. The van der Waals surface area contributed by atoms with Crippen molar-refractivity contribution in [3.63, 3.8) is 0 Å². The summed E-state index contributed by atoms with van der Waals surface area (Å²) in [6, 6.07) is 5.74. The van der Waals surface area contributed by atoms with Crippen molar-refractivity contribution in [2.75, 3.05) is 46.2 Å². The summed E-state index contributed by atoms with van der Waals surface area (Å²) in [5.74, 6) is 2.00. The average Bonchev–Trinajstić information content (AvgIpc) is 2.97. The molecule has 0 spiro atoms. The zero-order chi connectivity index (χ0) is 19.9. The molecule has 2 heterocycles. The van der Waals surface area contributed by atoms with Crippen LogP contribution in [0.25, 0.3) is 0 Å². The molecular weight excluding hydrogens is 394 g/mol. The average molecular weight is 422 g/mol. The van der Waals surface area contributed by atoms with Crippen LogP contribution in [0.2, 0.25) is 0 Å². The van der Waals surface area contributed by atoms with Crippen LogP contribution in [0.4, 0.5) is 0 Å². The van der Waals surface area contributed by atoms with Crippen molar-refractivity contribution in [1.82, 2.24) is 14.8 Å². The van der Waals surface area contributed by atoms with Gasteiger partial charge in [0.1, 0.15) is 0 Å². The maximum atomic E-state index is 12.7. The van der Waals surface area contributed by atoms with Crippen LogP contribution in [-0.2, 0) is 11.3 Å². The summed E-state index contributed by atoms with van der Waals surface area (Å²) in [6.07, 6.45) is 0.996. The molecule has 0 atom stereocenters. The molecule has 0 N–H and O–H groups in total. The summed E-state index contributed by atoms with van der Waals surface area (Å²) >= 11 is 3.23. The maximum Gasteiger partial charge on any atom is 0.232 e. The molecule has 0 saturated carbocycles. The van der Waals surface area contributed by atoms with Crippen LogP contribution in [0.3, 0.4) is 0 Å². The smallest absolute Gasteiger partial charge is 0.232 e. The number of rotatable bonds is 7. The van der Waals surface area contributed by atoms with Crippen molar-refractivity contribution < 1.29 is 14.3 Å². The van der Waals surface area contributed by atoms with E-state index in [0.29, 0.717) is 17.3 Å². The molecule has 28 heavy (non-hydrogen) atoms. The number of nitrogens with zero attached hydrogens (tertiary/aromatic N) is 3. The second-order valence-electron chi connectivity index (χ2n) is 6.67. The van der Waals surface area contributed by atoms with Crippen molar-refractivity contribution >= 4 is 29.0 Å². The molecule has 1 saturated heterocycles. The normalized spacial score (nSPS) is 15.3. The van der Waals surface area contributed by atoms with Gasteiger partial charge in [-0.2, -0.15) is 0 Å². The molecule has 1 aliphatic heterocycles. The highest BCUT2D eigenvalue weighted by molar-refractivity contribution is 8.00. The molecule has 8 heteroatoms. The Bertz CT molecular complexity index is 797. The zero-order valence-corrected chi connectivity index (χ0v) is 18.3. The van der Waals surface area contributed by atoms with Gasteiger partial charge in [-0.1, -0.05) is 0 Å². The maximum absolute atomic E-state index is 12.7. The first-order valence-electron chi connectivity index (χ1n) is 9.35. The molecule has 1 amide bonds. The number of ether oxygens (including phenoxy) is 2. The summed E-state index contributed by atoms with van der Waals surface area (Å²) < 4.78 is 10.6. The Morgan fingerprint density at radius 3 is 2.71 bits per heavy atom. The standard InChI is InChI=1S/C20H27N3O3S2/c1-15-21-16(13-27-15)12-22-7-4-8-23(10-9-22)20(24)14-28-17-5-6-18(25-2)19(11-17)26-3/h5-6,11,13H,4,7-10,12,14H2,1-3H3. The van der Waals surface area contributed by atoms with Gasteiger partial charge >= 0.3 is 0 Å². The lowest BCUT2D eigenvalue weighted by Gasteiger charge is -2.21. The van der Waals surface area contributed by atoms with Crippen LogP contribution >= 0.6 is 23.1 Å². The predicted molar refractivity (Wildman–Crippen MR) is 114 cm³/mol. The first-order chi connectivity index (χ1) is 13.6. The van der Waals surface area contributed by atoms with Crippen LogP contribution in [0.5, 0.6) is 11.5 Å². The molecule has 1 aromatic heterocycles. The van der Waals surface area contributed by atoms with Gasteiger partial charge in [-0.25, -0.2) is 4.98 Å². The molecule has 1 aliphatic rings. The quantitative estimate of drug-likeness (QED) is 0.640. The second-order valence-corrected chi connectivity index (χ2v) is 8.78. The summed E-state index contributed by atoms with van der Waals surface area (Å²) in [4.78, 5) is 22.6. The lowest BCUT2D eigenvalue weighted by Crippen LogP contribution is -2.36. The number of carbonyl (C=O) groups excluding carboxylic acids is 1. The van der Waals surface area contributed by atoms with Gasteiger partial charge in [-0.15, -0.1) is 23.1 Å². The Labute approximate surface area is 174 Å². The molecule has 3 rings (SSSR count). The van der Waals surface area contributed by atoms with Gasteiger partial charge in [0.15, 0.2) is 11.5 Å². The number of thioether (sulfide) groups is 1. The highest BCUT2D eigenvalue weighted by Gasteiger charge is 2.20. The topological polar surface area (TPSA) is 54.9 Å². The van der Waals surface area contributed by atoms with E-state index in [2.05, 4.69) is 15.3 Å². The van der Waals surface area contributed by atoms with E-state index in [0.717, 1.165) is 54.7 Å². The van der Waals surface area contributed by atoms with Crippen molar-refractivity contribution in [3.8, 4) is 11.5 Å². The monoisotopic (exact) mass is 421 g/mol. The molecule has 6 nitrogen and oxygen atoms in total. The predicted octanol–water partition coefficient (Wildman–Crippen LogP) is 3.30. The van der Waals surface area contributed by atoms with E-state index in [1.54, 1.807) is 25.6 Å². The van der Waals surface area contributed by atoms with E-state index >= 15 is 0 Å². The summed E-state index contributed by atoms with van der Waals surface area (Å²) in [5, 5.41) is 3.23. The van der Waals surface area contributed by atoms with Gasteiger partial charge in [-0.3, -0.25) is 9.69 Å². The van der Waals surface area contributed by atoms with E-state index in [9.17, 15) is 4.79 Å². The van der Waals surface area contributed by atoms with E-state index < -0.39 is 0 Å². The number of hydrogen-bond donors (Lipinski definition) is 0. The summed E-state index contributed by atoms with van der Waals surface area (Å²) in [7, 11) is 3.24. The zero-order valence-electron chi connectivity index (χ0n) is 16.6. The van der Waals surface area contributed by atoms with E-state index in [1.807, 2.05) is 30.0 Å². The van der Waals surface area contributed by atoms with Gasteiger partial charge in [0.2, 0.25) is 5.91 Å². The largest absolute Gasteiger partial charge is 0.493 e. The number of thiazole rings is 1. The van der Waals surface area contributed by atoms with Crippen LogP contribution < -0.4 is 9.47 Å². The van der Waals surface area contributed by atoms with Gasteiger partial charge in [-0.05, 0) is 31.5 Å². The van der Waals surface area contributed by atoms with E-state index in [4.69, 9.17) is 9.47 Å². The molecule has 0 unspecified atom stereocenters. The van der Waals surface area contributed by atoms with Crippen LogP contribution in [0, 0.1) is 6.92 Å².